The topological polar surface area (TPSA) is 49.6 Å². The Kier molecular flexibility index (Phi) is 5.64. The minimum absolute atomic E-state index is 0.145. The van der Waals surface area contributed by atoms with Crippen LogP contribution in [-0.2, 0) is 11.3 Å². The summed E-state index contributed by atoms with van der Waals surface area (Å²) < 4.78 is 5.77. The zero-order chi connectivity index (χ0) is 18.7. The second kappa shape index (κ2) is 7.94. The van der Waals surface area contributed by atoms with Crippen LogP contribution in [0.4, 0.5) is 5.88 Å². The standard InChI is InChI=1S/C21H29N3O2/c1-5-23(6-2)21-18(14-24(15(3)4)20(25)17-12-13-17)19(22-26-21)16-10-8-7-9-11-16/h7-11,15,17H,5-6,12-14H2,1-4H3. The van der Waals surface area contributed by atoms with Crippen LogP contribution in [0.5, 0.6) is 0 Å². The third kappa shape index (κ3) is 3.76. The first-order chi connectivity index (χ1) is 12.6. The van der Waals surface area contributed by atoms with Crippen molar-refractivity contribution in [1.29, 1.82) is 0 Å². The molecule has 1 aromatic heterocycles. The van der Waals surface area contributed by atoms with Crippen LogP contribution >= 0.6 is 0 Å². The summed E-state index contributed by atoms with van der Waals surface area (Å²) in [6.45, 7) is 10.6. The maximum absolute atomic E-state index is 12.8. The quantitative estimate of drug-likeness (QED) is 0.707. The SMILES string of the molecule is CCN(CC)c1onc(-c2ccccc2)c1CN(C(=O)C1CC1)C(C)C. The Bertz CT molecular complexity index is 731. The van der Waals surface area contributed by atoms with Gasteiger partial charge in [-0.3, -0.25) is 4.79 Å². The van der Waals surface area contributed by atoms with Crippen molar-refractivity contribution < 1.29 is 9.32 Å². The molecule has 1 fully saturated rings. The second-order valence-corrected chi connectivity index (χ2v) is 7.19. The predicted octanol–water partition coefficient (Wildman–Crippen LogP) is 4.33. The molecule has 2 aromatic rings. The van der Waals surface area contributed by atoms with Crippen molar-refractivity contribution in [2.24, 2.45) is 5.92 Å². The average molecular weight is 355 g/mol. The van der Waals surface area contributed by atoms with Gasteiger partial charge in [0.05, 0.1) is 12.1 Å². The number of anilines is 1. The van der Waals surface area contributed by atoms with Gasteiger partial charge < -0.3 is 14.3 Å². The van der Waals surface area contributed by atoms with Gasteiger partial charge in [0.15, 0.2) is 0 Å². The summed E-state index contributed by atoms with van der Waals surface area (Å²) in [5.74, 6) is 1.24. The van der Waals surface area contributed by atoms with Crippen molar-refractivity contribution in [2.45, 2.75) is 53.1 Å². The van der Waals surface area contributed by atoms with Gasteiger partial charge in [-0.25, -0.2) is 0 Å². The van der Waals surface area contributed by atoms with Gasteiger partial charge in [-0.05, 0) is 40.5 Å². The van der Waals surface area contributed by atoms with Crippen LogP contribution in [0.1, 0.15) is 46.1 Å². The minimum atomic E-state index is 0.145. The molecule has 1 heterocycles. The summed E-state index contributed by atoms with van der Waals surface area (Å²) >= 11 is 0. The summed E-state index contributed by atoms with van der Waals surface area (Å²) in [5.41, 5.74) is 2.86. The van der Waals surface area contributed by atoms with Crippen LogP contribution in [0.25, 0.3) is 11.3 Å². The smallest absolute Gasteiger partial charge is 0.232 e. The Morgan fingerprint density at radius 3 is 2.38 bits per heavy atom. The average Bonchev–Trinajstić information content (AvgIpc) is 3.42. The molecule has 0 N–H and O–H groups in total. The highest BCUT2D eigenvalue weighted by molar-refractivity contribution is 5.82. The molecular formula is C21H29N3O2. The van der Waals surface area contributed by atoms with Crippen molar-refractivity contribution in [2.75, 3.05) is 18.0 Å². The number of rotatable bonds is 8. The fourth-order valence-electron chi connectivity index (χ4n) is 3.28. The molecule has 1 saturated carbocycles. The molecule has 0 bridgehead atoms. The molecule has 0 radical (unpaired) electrons. The summed E-state index contributed by atoms with van der Waals surface area (Å²) in [7, 11) is 0. The summed E-state index contributed by atoms with van der Waals surface area (Å²) in [6.07, 6.45) is 2.03. The molecule has 0 spiro atoms. The molecular weight excluding hydrogens is 326 g/mol. The van der Waals surface area contributed by atoms with E-state index in [9.17, 15) is 4.79 Å². The first kappa shape index (κ1) is 18.5. The molecule has 0 aliphatic heterocycles. The van der Waals surface area contributed by atoms with Crippen molar-refractivity contribution >= 4 is 11.8 Å². The Morgan fingerprint density at radius 2 is 1.85 bits per heavy atom. The number of nitrogens with zero attached hydrogens (tertiary/aromatic N) is 3. The molecule has 5 nitrogen and oxygen atoms in total. The van der Waals surface area contributed by atoms with Gasteiger partial charge in [0.2, 0.25) is 11.8 Å². The van der Waals surface area contributed by atoms with E-state index in [1.807, 2.05) is 35.2 Å². The third-order valence-corrected chi connectivity index (χ3v) is 5.03. The van der Waals surface area contributed by atoms with Crippen molar-refractivity contribution in [3.63, 3.8) is 0 Å². The number of carbonyl (C=O) groups excluding carboxylic acids is 1. The molecule has 1 aliphatic rings. The molecule has 0 atom stereocenters. The van der Waals surface area contributed by atoms with Crippen LogP contribution < -0.4 is 4.90 Å². The lowest BCUT2D eigenvalue weighted by atomic mass is 10.1. The third-order valence-electron chi connectivity index (χ3n) is 5.03. The van der Waals surface area contributed by atoms with E-state index in [1.165, 1.54) is 0 Å². The lowest BCUT2D eigenvalue weighted by Crippen LogP contribution is -2.38. The van der Waals surface area contributed by atoms with Gasteiger partial charge in [-0.2, -0.15) is 0 Å². The van der Waals surface area contributed by atoms with Gasteiger partial charge in [0, 0.05) is 30.6 Å². The highest BCUT2D eigenvalue weighted by Gasteiger charge is 2.36. The molecule has 5 heteroatoms. The zero-order valence-electron chi connectivity index (χ0n) is 16.2. The summed E-state index contributed by atoms with van der Waals surface area (Å²) in [6, 6.07) is 10.2. The van der Waals surface area contributed by atoms with E-state index in [0.29, 0.717) is 6.54 Å². The number of benzene rings is 1. The van der Waals surface area contributed by atoms with Gasteiger partial charge in [0.25, 0.3) is 0 Å². The van der Waals surface area contributed by atoms with E-state index in [1.54, 1.807) is 0 Å². The largest absolute Gasteiger partial charge is 0.341 e. The van der Waals surface area contributed by atoms with Gasteiger partial charge in [0.1, 0.15) is 5.69 Å². The highest BCUT2D eigenvalue weighted by atomic mass is 16.5. The van der Waals surface area contributed by atoms with E-state index in [2.05, 4.69) is 37.8 Å². The molecule has 26 heavy (non-hydrogen) atoms. The zero-order valence-corrected chi connectivity index (χ0v) is 16.2. The van der Waals surface area contributed by atoms with Crippen molar-refractivity contribution in [1.82, 2.24) is 10.1 Å². The Morgan fingerprint density at radius 1 is 1.19 bits per heavy atom. The highest BCUT2D eigenvalue weighted by Crippen LogP contribution is 2.36. The molecule has 3 rings (SSSR count). The minimum Gasteiger partial charge on any atom is -0.341 e. The Hall–Kier alpha value is -2.30. The van der Waals surface area contributed by atoms with Crippen molar-refractivity contribution in [3.05, 3.63) is 35.9 Å². The van der Waals surface area contributed by atoms with E-state index < -0.39 is 0 Å². The molecule has 140 valence electrons. The number of hydrogen-bond acceptors (Lipinski definition) is 4. The Balaban J connectivity index is 2.01. The predicted molar refractivity (Wildman–Crippen MR) is 104 cm³/mol. The first-order valence-corrected chi connectivity index (χ1v) is 9.66. The molecule has 0 unspecified atom stereocenters. The number of amides is 1. The van der Waals surface area contributed by atoms with Gasteiger partial charge >= 0.3 is 0 Å². The Labute approximate surface area is 156 Å². The van der Waals surface area contributed by atoms with E-state index >= 15 is 0 Å². The van der Waals surface area contributed by atoms with Crippen LogP contribution in [0.2, 0.25) is 0 Å². The van der Waals surface area contributed by atoms with Crippen LogP contribution in [-0.4, -0.2) is 35.1 Å². The molecule has 0 saturated heterocycles. The normalized spacial score (nSPS) is 13.9. The van der Waals surface area contributed by atoms with Gasteiger partial charge in [-0.1, -0.05) is 35.5 Å². The fraction of sp³-hybridized carbons (Fsp3) is 0.524. The molecule has 1 aliphatic carbocycles. The maximum atomic E-state index is 12.8. The lowest BCUT2D eigenvalue weighted by molar-refractivity contribution is -0.134. The van der Waals surface area contributed by atoms with Gasteiger partial charge in [-0.15, -0.1) is 0 Å². The second-order valence-electron chi connectivity index (χ2n) is 7.19. The lowest BCUT2D eigenvalue weighted by Gasteiger charge is -2.28. The van der Waals surface area contributed by atoms with Crippen LogP contribution in [0.3, 0.4) is 0 Å². The van der Waals surface area contributed by atoms with E-state index in [4.69, 9.17) is 4.52 Å². The molecule has 1 amide bonds. The fourth-order valence-corrected chi connectivity index (χ4v) is 3.28. The van der Waals surface area contributed by atoms with E-state index in [-0.39, 0.29) is 17.9 Å². The maximum Gasteiger partial charge on any atom is 0.232 e. The summed E-state index contributed by atoms with van der Waals surface area (Å²) in [5, 5.41) is 4.38. The number of aromatic nitrogens is 1. The summed E-state index contributed by atoms with van der Waals surface area (Å²) in [4.78, 5) is 16.9. The number of carbonyl (C=O) groups is 1. The van der Waals surface area contributed by atoms with Crippen molar-refractivity contribution in [3.8, 4) is 11.3 Å². The van der Waals surface area contributed by atoms with Crippen LogP contribution in [0.15, 0.2) is 34.9 Å². The van der Waals surface area contributed by atoms with E-state index in [0.717, 1.165) is 48.6 Å². The number of hydrogen-bond donors (Lipinski definition) is 0. The monoisotopic (exact) mass is 355 g/mol. The van der Waals surface area contributed by atoms with Crippen LogP contribution in [0, 0.1) is 5.92 Å². The first-order valence-electron chi connectivity index (χ1n) is 9.66. The molecule has 1 aromatic carbocycles.